The van der Waals surface area contributed by atoms with Gasteiger partial charge in [-0.2, -0.15) is 0 Å². The molecule has 5 rings (SSSR count). The Morgan fingerprint density at radius 3 is 2.32 bits per heavy atom. The van der Waals surface area contributed by atoms with Crippen LogP contribution in [0.2, 0.25) is 0 Å². The number of hydrogen-bond donors (Lipinski definition) is 1. The van der Waals surface area contributed by atoms with Crippen molar-refractivity contribution in [3.8, 4) is 0 Å². The molecule has 3 aliphatic carbocycles. The summed E-state index contributed by atoms with van der Waals surface area (Å²) >= 11 is 0. The first kappa shape index (κ1) is 22.9. The second-order valence-electron chi connectivity index (χ2n) is 9.16. The normalized spacial score (nSPS) is 23.0. The van der Waals surface area contributed by atoms with E-state index in [2.05, 4.69) is 20.4 Å². The maximum Gasteiger partial charge on any atom is 0.279 e. The molecule has 3 saturated carbocycles. The Balaban J connectivity index is 1.36. The summed E-state index contributed by atoms with van der Waals surface area (Å²) in [6.45, 7) is 0. The van der Waals surface area contributed by atoms with Crippen LogP contribution in [0.4, 0.5) is 5.82 Å². The molecule has 10 heteroatoms. The number of methoxy groups -OCH3 is 1. The zero-order valence-corrected chi connectivity index (χ0v) is 19.8. The molecule has 180 valence electrons. The summed E-state index contributed by atoms with van der Waals surface area (Å²) in [7, 11) is -1.65. The zero-order chi connectivity index (χ0) is 23.7. The van der Waals surface area contributed by atoms with Gasteiger partial charge in [0, 0.05) is 25.0 Å². The van der Waals surface area contributed by atoms with Crippen LogP contribution in [0.15, 0.2) is 46.7 Å². The van der Waals surface area contributed by atoms with Crippen LogP contribution in [0.3, 0.4) is 0 Å². The minimum atomic E-state index is -3.32. The van der Waals surface area contributed by atoms with E-state index < -0.39 is 15.7 Å². The van der Waals surface area contributed by atoms with E-state index >= 15 is 0 Å². The highest BCUT2D eigenvalue weighted by atomic mass is 32.2. The minimum absolute atomic E-state index is 0.0457. The summed E-state index contributed by atoms with van der Waals surface area (Å²) in [5, 5.41) is 6.62. The molecule has 1 N–H and O–H groups in total. The van der Waals surface area contributed by atoms with Gasteiger partial charge in [0.15, 0.2) is 21.4 Å². The molecular formula is C24H28N4O5S. The second kappa shape index (κ2) is 9.42. The Labute approximate surface area is 198 Å². The van der Waals surface area contributed by atoms with E-state index in [9.17, 15) is 13.2 Å². The highest BCUT2D eigenvalue weighted by Crippen LogP contribution is 2.38. The number of ether oxygens (including phenoxy) is 1. The molecule has 1 heterocycles. The van der Waals surface area contributed by atoms with Crippen LogP contribution in [0.25, 0.3) is 0 Å². The van der Waals surface area contributed by atoms with Gasteiger partial charge in [0.05, 0.1) is 34.3 Å². The van der Waals surface area contributed by atoms with Crippen molar-refractivity contribution in [1.82, 2.24) is 9.97 Å². The Kier molecular flexibility index (Phi) is 6.35. The van der Waals surface area contributed by atoms with E-state index in [1.165, 1.54) is 18.3 Å². The molecule has 2 atom stereocenters. The van der Waals surface area contributed by atoms with Crippen LogP contribution in [-0.2, 0) is 24.2 Å². The predicted molar refractivity (Wildman–Crippen MR) is 125 cm³/mol. The average molecular weight is 485 g/mol. The second-order valence-corrected chi connectivity index (χ2v) is 11.4. The Hall–Kier alpha value is -2.85. The van der Waals surface area contributed by atoms with Gasteiger partial charge in [0.2, 0.25) is 0 Å². The van der Waals surface area contributed by atoms with Crippen molar-refractivity contribution in [2.45, 2.75) is 73.2 Å². The molecule has 3 fully saturated rings. The molecule has 2 aromatic rings. The molecule has 0 saturated heterocycles. The van der Waals surface area contributed by atoms with Crippen molar-refractivity contribution >= 4 is 27.3 Å². The van der Waals surface area contributed by atoms with Gasteiger partial charge in [-0.15, -0.1) is 0 Å². The number of anilines is 1. The topological polar surface area (TPSA) is 120 Å². The molecule has 1 aromatic heterocycles. The highest BCUT2D eigenvalue weighted by molar-refractivity contribution is 7.92. The van der Waals surface area contributed by atoms with Crippen molar-refractivity contribution in [1.29, 1.82) is 0 Å². The smallest absolute Gasteiger partial charge is 0.279 e. The Morgan fingerprint density at radius 1 is 1.00 bits per heavy atom. The summed E-state index contributed by atoms with van der Waals surface area (Å²) in [5.41, 5.74) is 1.43. The fraction of sp³-hybridized carbons (Fsp3) is 0.500. The zero-order valence-electron chi connectivity index (χ0n) is 19.0. The third kappa shape index (κ3) is 5.12. The quantitative estimate of drug-likeness (QED) is 0.429. The standard InChI is InChI=1S/C24H28N4O5S/c1-32-17-6-7-18(12-17)33-28-23(16-4-8-19(9-5-16)34(30,31)20-10-11-20)24(29)27-22-14-25-21(13-26-22)15-2-3-15/h4-5,8-9,13-15,17-18,20H,2-3,6-7,10-12H2,1H3,(H,26,27,29)/t17-,18-/m1/s1. The first-order valence-corrected chi connectivity index (χ1v) is 13.2. The minimum Gasteiger partial charge on any atom is -0.392 e. The summed E-state index contributed by atoms with van der Waals surface area (Å²) in [5.74, 6) is 0.276. The van der Waals surface area contributed by atoms with Crippen molar-refractivity contribution in [3.63, 3.8) is 0 Å². The van der Waals surface area contributed by atoms with Gasteiger partial charge in [-0.1, -0.05) is 17.3 Å². The van der Waals surface area contributed by atoms with E-state index in [0.717, 1.165) is 31.4 Å². The highest BCUT2D eigenvalue weighted by Gasteiger charge is 2.37. The molecule has 0 aliphatic heterocycles. The number of hydrogen-bond acceptors (Lipinski definition) is 8. The van der Waals surface area contributed by atoms with Crippen molar-refractivity contribution in [2.24, 2.45) is 5.16 Å². The number of sulfone groups is 1. The largest absolute Gasteiger partial charge is 0.392 e. The predicted octanol–water partition coefficient (Wildman–Crippen LogP) is 3.22. The van der Waals surface area contributed by atoms with E-state index in [4.69, 9.17) is 9.57 Å². The summed E-state index contributed by atoms with van der Waals surface area (Å²) < 4.78 is 30.4. The van der Waals surface area contributed by atoms with Crippen LogP contribution >= 0.6 is 0 Å². The summed E-state index contributed by atoms with van der Waals surface area (Å²) in [4.78, 5) is 27.8. The number of carbonyl (C=O) groups is 1. The maximum absolute atomic E-state index is 13.1. The van der Waals surface area contributed by atoms with Gasteiger partial charge >= 0.3 is 0 Å². The van der Waals surface area contributed by atoms with Crippen LogP contribution in [0, 0.1) is 0 Å². The molecule has 0 unspecified atom stereocenters. The number of benzene rings is 1. The number of oxime groups is 1. The van der Waals surface area contributed by atoms with E-state index in [-0.39, 0.29) is 28.1 Å². The van der Waals surface area contributed by atoms with Crippen LogP contribution in [-0.4, -0.2) is 54.6 Å². The molecule has 0 bridgehead atoms. The van der Waals surface area contributed by atoms with Gasteiger partial charge in [0.1, 0.15) is 6.10 Å². The maximum atomic E-state index is 13.1. The van der Waals surface area contributed by atoms with Crippen LogP contribution in [0.1, 0.15) is 62.1 Å². The third-order valence-electron chi connectivity index (χ3n) is 6.51. The number of rotatable bonds is 9. The monoisotopic (exact) mass is 484 g/mol. The molecule has 3 aliphatic rings. The van der Waals surface area contributed by atoms with Gasteiger partial charge in [0.25, 0.3) is 5.91 Å². The van der Waals surface area contributed by atoms with Crippen molar-refractivity contribution < 1.29 is 22.8 Å². The summed E-state index contributed by atoms with van der Waals surface area (Å²) in [6.07, 6.45) is 9.15. The number of nitrogens with one attached hydrogen (secondary N) is 1. The molecule has 9 nitrogen and oxygen atoms in total. The van der Waals surface area contributed by atoms with Gasteiger partial charge in [-0.3, -0.25) is 9.78 Å². The third-order valence-corrected chi connectivity index (χ3v) is 8.78. The van der Waals surface area contributed by atoms with E-state index in [1.807, 2.05) is 0 Å². The molecule has 1 amide bonds. The first-order valence-electron chi connectivity index (χ1n) is 11.7. The average Bonchev–Trinajstić information content (AvgIpc) is 3.77. The lowest BCUT2D eigenvalue weighted by Crippen LogP contribution is -2.25. The lowest BCUT2D eigenvalue weighted by molar-refractivity contribution is -0.110. The van der Waals surface area contributed by atoms with Crippen molar-refractivity contribution in [3.05, 3.63) is 47.9 Å². The lowest BCUT2D eigenvalue weighted by Gasteiger charge is -2.12. The Bertz CT molecular complexity index is 1170. The van der Waals surface area contributed by atoms with Gasteiger partial charge in [-0.05, 0) is 50.7 Å². The lowest BCUT2D eigenvalue weighted by atomic mass is 10.1. The molecule has 0 radical (unpaired) electrons. The van der Waals surface area contributed by atoms with E-state index in [1.54, 1.807) is 25.4 Å². The van der Waals surface area contributed by atoms with Gasteiger partial charge in [-0.25, -0.2) is 13.4 Å². The summed E-state index contributed by atoms with van der Waals surface area (Å²) in [6, 6.07) is 6.22. The fourth-order valence-electron chi connectivity index (χ4n) is 4.10. The number of carbonyl (C=O) groups excluding carboxylic acids is 1. The fourth-order valence-corrected chi connectivity index (χ4v) is 5.76. The molecule has 1 aromatic carbocycles. The van der Waals surface area contributed by atoms with Crippen LogP contribution in [0.5, 0.6) is 0 Å². The molecular weight excluding hydrogens is 456 g/mol. The van der Waals surface area contributed by atoms with Crippen molar-refractivity contribution in [2.75, 3.05) is 12.4 Å². The number of nitrogens with zero attached hydrogens (tertiary/aromatic N) is 3. The van der Waals surface area contributed by atoms with Gasteiger partial charge < -0.3 is 14.9 Å². The Morgan fingerprint density at radius 2 is 1.74 bits per heavy atom. The molecule has 34 heavy (non-hydrogen) atoms. The van der Waals surface area contributed by atoms with Crippen LogP contribution < -0.4 is 5.32 Å². The first-order chi connectivity index (χ1) is 16.4. The SMILES string of the molecule is CO[C@@H]1CC[C@@H](ON=C(C(=O)Nc2cnc(C3CC3)cn2)c2ccc(S(=O)(=O)C3CC3)cc2)C1. The van der Waals surface area contributed by atoms with E-state index in [0.29, 0.717) is 36.6 Å². The number of amides is 1. The number of aromatic nitrogens is 2. The molecule has 0 spiro atoms.